The van der Waals surface area contributed by atoms with E-state index in [1.165, 1.54) is 405 Å². The Morgan fingerprint density at radius 1 is 0.193 bits per heavy atom. The fourth-order valence-electron chi connectivity index (χ4n) is 13.8. The van der Waals surface area contributed by atoms with Crippen LogP contribution in [-0.2, 0) is 13.1 Å². The van der Waals surface area contributed by atoms with Gasteiger partial charge in [-0.05, 0) is 55.1 Å². The van der Waals surface area contributed by atoms with Gasteiger partial charge in [-0.3, -0.25) is 0 Å². The van der Waals surface area contributed by atoms with E-state index in [2.05, 4.69) is 85.9 Å². The first-order chi connectivity index (χ1) is 41.2. The number of rotatable bonds is 68. The van der Waals surface area contributed by atoms with E-state index < -0.39 is 0 Å². The first kappa shape index (κ1) is 77.4. The van der Waals surface area contributed by atoms with Gasteiger partial charge < -0.3 is 0 Å². The summed E-state index contributed by atoms with van der Waals surface area (Å²) in [6.45, 7) is 11.6. The van der Waals surface area contributed by atoms with Crippen molar-refractivity contribution >= 4 is 0 Å². The quantitative estimate of drug-likeness (QED) is 0.0461. The van der Waals surface area contributed by atoms with E-state index in [0.29, 0.717) is 0 Å². The van der Waals surface area contributed by atoms with Gasteiger partial charge in [-0.25, -0.2) is 9.13 Å². The maximum Gasteiger partial charge on any atom is 0.169 e. The van der Waals surface area contributed by atoms with Crippen LogP contribution in [0.25, 0.3) is 0 Å². The van der Waals surface area contributed by atoms with Crippen molar-refractivity contribution in [3.05, 3.63) is 60.2 Å². The topological polar surface area (TPSA) is 7.76 Å². The largest absolute Gasteiger partial charge is 0.205 e. The lowest BCUT2D eigenvalue weighted by molar-refractivity contribution is -0.701. The molecule has 0 amide bonds. The predicted octanol–water partition coefficient (Wildman–Crippen LogP) is 27.8. The maximum atomic E-state index is 2.52. The number of unbranched alkanes of at least 4 members (excludes halogenated alkanes) is 54. The lowest BCUT2D eigenvalue weighted by Gasteiger charge is -2.17. The summed E-state index contributed by atoms with van der Waals surface area (Å²) in [6.07, 6.45) is 100. The summed E-state index contributed by atoms with van der Waals surface area (Å²) in [6, 6.07) is 10.1. The number of hydrogen-bond donors (Lipinski definition) is 0. The van der Waals surface area contributed by atoms with Gasteiger partial charge in [-0.1, -0.05) is 387 Å². The first-order valence-electron chi connectivity index (χ1n) is 39.2. The molecule has 0 N–H and O–H groups in total. The van der Waals surface area contributed by atoms with Crippen LogP contribution in [0.5, 0.6) is 0 Å². The lowest BCUT2D eigenvalue weighted by atomic mass is 9.88. The van der Waals surface area contributed by atoms with Gasteiger partial charge in [0.05, 0.1) is 0 Å². The Kier molecular flexibility index (Phi) is 59.0. The Morgan fingerprint density at radius 2 is 0.337 bits per heavy atom. The van der Waals surface area contributed by atoms with Gasteiger partial charge in [0.2, 0.25) is 0 Å². The van der Waals surface area contributed by atoms with Gasteiger partial charge in [0.25, 0.3) is 0 Å². The van der Waals surface area contributed by atoms with Crippen molar-refractivity contribution in [2.24, 2.45) is 0 Å². The van der Waals surface area contributed by atoms with E-state index in [1.807, 2.05) is 0 Å². The third-order valence-corrected chi connectivity index (χ3v) is 19.7. The highest BCUT2D eigenvalue weighted by Gasteiger charge is 2.16. The highest BCUT2D eigenvalue weighted by Crippen LogP contribution is 2.31. The third kappa shape index (κ3) is 50.9. The third-order valence-electron chi connectivity index (χ3n) is 19.7. The van der Waals surface area contributed by atoms with E-state index in [1.54, 1.807) is 11.1 Å². The number of aromatic nitrogens is 2. The van der Waals surface area contributed by atoms with Gasteiger partial charge in [0, 0.05) is 37.1 Å². The molecule has 0 saturated heterocycles. The molecule has 0 atom stereocenters. The molecule has 0 fully saturated rings. The van der Waals surface area contributed by atoms with Crippen molar-refractivity contribution in [2.75, 3.05) is 0 Å². The van der Waals surface area contributed by atoms with Crippen molar-refractivity contribution in [1.29, 1.82) is 0 Å². The zero-order chi connectivity index (χ0) is 59.1. The smallest absolute Gasteiger partial charge is 0.169 e. The van der Waals surface area contributed by atoms with Crippen molar-refractivity contribution in [3.63, 3.8) is 0 Å². The zero-order valence-electron chi connectivity index (χ0n) is 57.6. The molecule has 83 heavy (non-hydrogen) atoms. The highest BCUT2D eigenvalue weighted by molar-refractivity contribution is 5.14. The van der Waals surface area contributed by atoms with Crippen LogP contribution in [0.2, 0.25) is 0 Å². The minimum absolute atomic E-state index is 0.742. The molecular formula is C81H152N2+2. The summed E-state index contributed by atoms with van der Waals surface area (Å²) in [4.78, 5) is 0. The molecule has 0 unspecified atom stereocenters. The van der Waals surface area contributed by atoms with Crippen LogP contribution in [0.3, 0.4) is 0 Å². The van der Waals surface area contributed by atoms with Crippen LogP contribution in [0.15, 0.2) is 49.1 Å². The molecule has 0 radical (unpaired) electrons. The number of aryl methyl sites for hydroxylation is 2. The first-order valence-corrected chi connectivity index (χ1v) is 39.2. The molecule has 2 nitrogen and oxygen atoms in total. The van der Waals surface area contributed by atoms with Gasteiger partial charge in [-0.2, -0.15) is 0 Å². The fourth-order valence-corrected chi connectivity index (χ4v) is 13.8. The van der Waals surface area contributed by atoms with Crippen LogP contribution in [-0.4, -0.2) is 0 Å². The second-order valence-corrected chi connectivity index (χ2v) is 27.7. The van der Waals surface area contributed by atoms with Gasteiger partial charge in [0.1, 0.15) is 13.1 Å². The molecular weight excluding hydrogens is 1000 g/mol. The molecule has 0 bridgehead atoms. The van der Waals surface area contributed by atoms with Crippen LogP contribution in [0.1, 0.15) is 455 Å². The van der Waals surface area contributed by atoms with E-state index in [9.17, 15) is 0 Å². The normalized spacial score (nSPS) is 11.8. The molecule has 0 aromatic carbocycles. The Bertz CT molecular complexity index is 1340. The Hall–Kier alpha value is -1.70. The molecule has 484 valence electrons. The average molecular weight is 1150 g/mol. The SMILES string of the molecule is CCCCCCCCCCCCCCCCC(CCCCCCCCCCCCCCCC)c1cc[n+](CCCCC[n+]2ccc(C(CCCCCCCCCCCCCCCC)CCCCCCCCCCCCCCCC)cc2)cc1. The molecule has 0 spiro atoms. The van der Waals surface area contributed by atoms with Gasteiger partial charge in [-0.15, -0.1) is 0 Å². The Morgan fingerprint density at radius 3 is 0.506 bits per heavy atom. The fraction of sp³-hybridized carbons (Fsp3) is 0.877. The highest BCUT2D eigenvalue weighted by atomic mass is 14.9. The number of nitrogens with zero attached hydrogens (tertiary/aromatic N) is 2. The number of hydrogen-bond acceptors (Lipinski definition) is 0. The van der Waals surface area contributed by atoms with E-state index in [4.69, 9.17) is 0 Å². The van der Waals surface area contributed by atoms with Crippen LogP contribution < -0.4 is 9.13 Å². The van der Waals surface area contributed by atoms with Crippen LogP contribution >= 0.6 is 0 Å². The molecule has 2 rings (SSSR count). The molecule has 0 aliphatic rings. The summed E-state index contributed by atoms with van der Waals surface area (Å²) >= 11 is 0. The van der Waals surface area contributed by atoms with E-state index in [0.717, 1.165) is 24.9 Å². The second kappa shape index (κ2) is 63.3. The van der Waals surface area contributed by atoms with Crippen LogP contribution in [0, 0.1) is 0 Å². The summed E-state index contributed by atoms with van der Waals surface area (Å²) in [5, 5.41) is 0. The van der Waals surface area contributed by atoms with Gasteiger partial charge >= 0.3 is 0 Å². The van der Waals surface area contributed by atoms with Crippen molar-refractivity contribution in [3.8, 4) is 0 Å². The molecule has 0 aliphatic heterocycles. The zero-order valence-corrected chi connectivity index (χ0v) is 57.6. The predicted molar refractivity (Wildman–Crippen MR) is 372 cm³/mol. The van der Waals surface area contributed by atoms with Crippen molar-refractivity contribution < 1.29 is 9.13 Å². The minimum Gasteiger partial charge on any atom is -0.205 e. The van der Waals surface area contributed by atoms with Crippen LogP contribution in [0.4, 0.5) is 0 Å². The van der Waals surface area contributed by atoms with E-state index in [-0.39, 0.29) is 0 Å². The Balaban J connectivity index is 1.78. The second-order valence-electron chi connectivity index (χ2n) is 27.7. The summed E-state index contributed by atoms with van der Waals surface area (Å²) in [5.41, 5.74) is 3.23. The molecule has 0 saturated carbocycles. The number of pyridine rings is 2. The minimum atomic E-state index is 0.742. The molecule has 2 heterocycles. The standard InChI is InChI=1S/C81H152N2/c1-5-9-13-17-21-25-29-33-37-41-45-49-53-58-64-78(65-59-54-50-46-42-38-34-30-26-22-18-14-10-6-2)80-68-74-82(75-69-80)72-62-57-63-73-83-76-70-81(71-77-83)79(66-60-55-51-47-43-39-35-31-27-23-19-15-11-7-3)67-61-56-52-48-44-40-36-32-28-24-20-16-12-8-4/h68-71,74-79H,5-67,72-73H2,1-4H3/q+2. The summed E-state index contributed by atoms with van der Waals surface area (Å²) in [5.74, 6) is 1.48. The summed E-state index contributed by atoms with van der Waals surface area (Å²) < 4.78 is 4.97. The van der Waals surface area contributed by atoms with E-state index >= 15 is 0 Å². The van der Waals surface area contributed by atoms with Crippen molar-refractivity contribution in [2.45, 2.75) is 457 Å². The van der Waals surface area contributed by atoms with Gasteiger partial charge in [0.15, 0.2) is 24.8 Å². The molecule has 2 heteroatoms. The Labute approximate surface area is 523 Å². The maximum absolute atomic E-state index is 2.52. The molecule has 0 aliphatic carbocycles. The average Bonchev–Trinajstić information content (AvgIpc) is 3.50. The summed E-state index contributed by atoms with van der Waals surface area (Å²) in [7, 11) is 0. The molecule has 2 aromatic heterocycles. The monoisotopic (exact) mass is 1150 g/mol. The van der Waals surface area contributed by atoms with Crippen molar-refractivity contribution in [1.82, 2.24) is 0 Å². The molecule has 2 aromatic rings. The lowest BCUT2D eigenvalue weighted by Crippen LogP contribution is -2.34.